The average molecular weight is 922 g/mol. The monoisotopic (exact) mass is 921 g/mol. The van der Waals surface area contributed by atoms with Crippen molar-refractivity contribution < 1.29 is 0 Å². The molecule has 15 aromatic carbocycles. The van der Waals surface area contributed by atoms with Gasteiger partial charge in [-0.1, -0.05) is 218 Å². The summed E-state index contributed by atoms with van der Waals surface area (Å²) in [5, 5.41) is 25.6. The van der Waals surface area contributed by atoms with Crippen LogP contribution in [0.15, 0.2) is 261 Å². The molecule has 16 rings (SSSR count). The Morgan fingerprint density at radius 3 is 1.32 bits per heavy atom. The third-order valence-corrected chi connectivity index (χ3v) is 16.1. The summed E-state index contributed by atoms with van der Waals surface area (Å²) in [5.74, 6) is 0. The topological polar surface area (TPSA) is 4.93 Å². The van der Waals surface area contributed by atoms with Gasteiger partial charge in [0, 0.05) is 16.5 Å². The molecule has 0 saturated carbocycles. The first-order chi connectivity index (χ1) is 36.2. The van der Waals surface area contributed by atoms with E-state index in [-0.39, 0.29) is 0 Å². The van der Waals surface area contributed by atoms with Gasteiger partial charge in [-0.3, -0.25) is 0 Å². The van der Waals surface area contributed by atoms with E-state index in [2.05, 4.69) is 265 Å². The second-order valence-corrected chi connectivity index (χ2v) is 19.8. The van der Waals surface area contributed by atoms with Crippen LogP contribution in [0.4, 0.5) is 0 Å². The van der Waals surface area contributed by atoms with Crippen molar-refractivity contribution in [1.29, 1.82) is 0 Å². The van der Waals surface area contributed by atoms with Gasteiger partial charge in [0.05, 0.1) is 11.0 Å². The van der Waals surface area contributed by atoms with E-state index in [9.17, 15) is 0 Å². The van der Waals surface area contributed by atoms with E-state index >= 15 is 0 Å². The highest BCUT2D eigenvalue weighted by Gasteiger charge is 2.20. The fourth-order valence-electron chi connectivity index (χ4n) is 12.9. The molecule has 73 heavy (non-hydrogen) atoms. The van der Waals surface area contributed by atoms with Crippen molar-refractivity contribution in [2.75, 3.05) is 0 Å². The molecule has 1 nitrogen and oxygen atoms in total. The molecule has 0 amide bonds. The molecule has 0 aliphatic rings. The molecule has 1 heteroatoms. The van der Waals surface area contributed by atoms with Crippen LogP contribution in [0, 0.1) is 0 Å². The van der Waals surface area contributed by atoms with E-state index in [4.69, 9.17) is 0 Å². The highest BCUT2D eigenvalue weighted by atomic mass is 15.0. The first-order valence-electron chi connectivity index (χ1n) is 25.4. The SMILES string of the molecule is c1ccc(-c2cc3c4ccc(-c5ccc(-n6c7ccccc7c7ccc(-c8cc9c%10ccccc%10c%10ccccc%10c9c9ccccc89)cc76)cc5)cc4c4c5ccccc5ccc4c3c3ccccc23)cc1. The van der Waals surface area contributed by atoms with Crippen molar-refractivity contribution in [3.05, 3.63) is 261 Å². The zero-order valence-electron chi connectivity index (χ0n) is 39.8. The lowest BCUT2D eigenvalue weighted by molar-refractivity contribution is 1.18. The molecule has 0 aliphatic carbocycles. The Labute approximate surface area is 421 Å². The molecule has 0 fully saturated rings. The molecular weight excluding hydrogens is 879 g/mol. The summed E-state index contributed by atoms with van der Waals surface area (Å²) in [5.41, 5.74) is 10.8. The first-order valence-corrected chi connectivity index (χ1v) is 25.4. The summed E-state index contributed by atoms with van der Waals surface area (Å²) in [6, 6.07) is 97.4. The smallest absolute Gasteiger partial charge is 0.0547 e. The lowest BCUT2D eigenvalue weighted by atomic mass is 9.85. The fourth-order valence-corrected chi connectivity index (χ4v) is 12.9. The molecule has 16 aromatic rings. The van der Waals surface area contributed by atoms with Crippen LogP contribution in [0.2, 0.25) is 0 Å². The largest absolute Gasteiger partial charge is 0.309 e. The second-order valence-electron chi connectivity index (χ2n) is 19.8. The van der Waals surface area contributed by atoms with Crippen LogP contribution >= 0.6 is 0 Å². The van der Waals surface area contributed by atoms with Crippen LogP contribution in [0.25, 0.3) is 158 Å². The summed E-state index contributed by atoms with van der Waals surface area (Å²) >= 11 is 0. The van der Waals surface area contributed by atoms with E-state index in [1.165, 1.54) is 152 Å². The lowest BCUT2D eigenvalue weighted by Gasteiger charge is -2.18. The van der Waals surface area contributed by atoms with Gasteiger partial charge < -0.3 is 4.57 Å². The number of fused-ring (bicyclic) bond motifs is 21. The molecule has 0 spiro atoms. The Kier molecular flexibility index (Phi) is 8.52. The van der Waals surface area contributed by atoms with Gasteiger partial charge in [-0.2, -0.15) is 0 Å². The average Bonchev–Trinajstić information content (AvgIpc) is 3.80. The maximum atomic E-state index is 2.46. The summed E-state index contributed by atoms with van der Waals surface area (Å²) in [6.45, 7) is 0. The first kappa shape index (κ1) is 40.2. The minimum absolute atomic E-state index is 1.14. The van der Waals surface area contributed by atoms with Gasteiger partial charge in [0.2, 0.25) is 0 Å². The molecule has 0 saturated heterocycles. The highest BCUT2D eigenvalue weighted by Crippen LogP contribution is 2.47. The Hall–Kier alpha value is -9.56. The van der Waals surface area contributed by atoms with Crippen molar-refractivity contribution >= 4 is 119 Å². The van der Waals surface area contributed by atoms with Gasteiger partial charge in [0.25, 0.3) is 0 Å². The van der Waals surface area contributed by atoms with E-state index in [0.717, 1.165) is 5.69 Å². The van der Waals surface area contributed by atoms with Crippen LogP contribution in [0.3, 0.4) is 0 Å². The zero-order chi connectivity index (χ0) is 47.7. The predicted molar refractivity (Wildman–Crippen MR) is 315 cm³/mol. The minimum Gasteiger partial charge on any atom is -0.309 e. The molecule has 0 N–H and O–H groups in total. The van der Waals surface area contributed by atoms with Crippen molar-refractivity contribution in [2.24, 2.45) is 0 Å². The van der Waals surface area contributed by atoms with Gasteiger partial charge in [-0.05, 0) is 173 Å². The molecule has 0 bridgehead atoms. The van der Waals surface area contributed by atoms with Gasteiger partial charge in [0.1, 0.15) is 0 Å². The molecule has 1 aromatic heterocycles. The van der Waals surface area contributed by atoms with E-state index in [0.29, 0.717) is 0 Å². The zero-order valence-corrected chi connectivity index (χ0v) is 39.8. The predicted octanol–water partition coefficient (Wildman–Crippen LogP) is 20.2. The number of nitrogens with zero attached hydrogens (tertiary/aromatic N) is 1. The molecule has 0 radical (unpaired) electrons. The molecule has 0 unspecified atom stereocenters. The summed E-state index contributed by atoms with van der Waals surface area (Å²) in [4.78, 5) is 0. The van der Waals surface area contributed by atoms with Crippen LogP contribution in [0.5, 0.6) is 0 Å². The minimum atomic E-state index is 1.14. The van der Waals surface area contributed by atoms with Crippen molar-refractivity contribution in [3.63, 3.8) is 0 Å². The second kappa shape index (κ2) is 15.5. The molecular formula is C72H43N. The highest BCUT2D eigenvalue weighted by molar-refractivity contribution is 6.37. The Morgan fingerprint density at radius 1 is 0.192 bits per heavy atom. The van der Waals surface area contributed by atoms with Crippen LogP contribution in [-0.2, 0) is 0 Å². The van der Waals surface area contributed by atoms with Crippen LogP contribution in [-0.4, -0.2) is 4.57 Å². The van der Waals surface area contributed by atoms with Gasteiger partial charge in [-0.15, -0.1) is 0 Å². The molecule has 0 aliphatic heterocycles. The number of hydrogen-bond donors (Lipinski definition) is 0. The van der Waals surface area contributed by atoms with Crippen LogP contribution < -0.4 is 0 Å². The van der Waals surface area contributed by atoms with Crippen molar-refractivity contribution in [3.8, 4) is 39.1 Å². The quantitative estimate of drug-likeness (QED) is 0.155. The standard InChI is InChI=1S/C72H43N/c1-2-16-45(17-3-1)63-42-67-56-37-33-47(40-65(56)70-50-19-5-4-18-46(50)32-39-62(70)72(67)61-28-13-9-23-54(61)63)44-30-35-49(36-31-44)73-68-29-15-14-25-57(68)58-38-34-48(41-69(58)73)64-43-66-53-22-7-6-20-51(53)52-21-8-11-26-59(52)71(66)60-27-12-10-24-55(60)64/h1-43H. The third kappa shape index (κ3) is 5.85. The normalized spacial score (nSPS) is 12.1. The Morgan fingerprint density at radius 2 is 0.616 bits per heavy atom. The van der Waals surface area contributed by atoms with Gasteiger partial charge in [-0.25, -0.2) is 0 Å². The Balaban J connectivity index is 0.886. The molecule has 0 atom stereocenters. The lowest BCUT2D eigenvalue weighted by Crippen LogP contribution is -1.94. The van der Waals surface area contributed by atoms with Crippen LogP contribution in [0.1, 0.15) is 0 Å². The van der Waals surface area contributed by atoms with Gasteiger partial charge in [0.15, 0.2) is 0 Å². The number of aromatic nitrogens is 1. The van der Waals surface area contributed by atoms with E-state index in [1.54, 1.807) is 0 Å². The van der Waals surface area contributed by atoms with E-state index in [1.807, 2.05) is 0 Å². The van der Waals surface area contributed by atoms with Crippen molar-refractivity contribution in [2.45, 2.75) is 0 Å². The van der Waals surface area contributed by atoms with Crippen molar-refractivity contribution in [1.82, 2.24) is 4.57 Å². The maximum absolute atomic E-state index is 2.46. The molecule has 1 heterocycles. The van der Waals surface area contributed by atoms with Gasteiger partial charge >= 0.3 is 0 Å². The summed E-state index contributed by atoms with van der Waals surface area (Å²) in [7, 11) is 0. The summed E-state index contributed by atoms with van der Waals surface area (Å²) in [6.07, 6.45) is 0. The number of hydrogen-bond acceptors (Lipinski definition) is 0. The Bertz CT molecular complexity index is 5000. The molecule has 336 valence electrons. The third-order valence-electron chi connectivity index (χ3n) is 16.1. The fraction of sp³-hybridized carbons (Fsp3) is 0. The number of rotatable bonds is 4. The number of para-hydroxylation sites is 1. The number of benzene rings is 15. The van der Waals surface area contributed by atoms with E-state index < -0.39 is 0 Å². The summed E-state index contributed by atoms with van der Waals surface area (Å²) < 4.78 is 2.46. The maximum Gasteiger partial charge on any atom is 0.0547 e.